The van der Waals surface area contributed by atoms with Crippen LogP contribution in [-0.2, 0) is 21.2 Å². The molecule has 1 unspecified atom stereocenters. The van der Waals surface area contributed by atoms with Gasteiger partial charge in [0, 0.05) is 9.99 Å². The number of nitrogens with one attached hydrogen (secondary N) is 2. The van der Waals surface area contributed by atoms with Crippen LogP contribution in [0, 0.1) is 3.57 Å². The summed E-state index contributed by atoms with van der Waals surface area (Å²) in [6.07, 6.45) is -0.199. The first-order valence-electron chi connectivity index (χ1n) is 10.3. The Hall–Kier alpha value is -2.45. The zero-order chi connectivity index (χ0) is 26.9. The summed E-state index contributed by atoms with van der Waals surface area (Å²) in [5, 5.41) is 12.5. The van der Waals surface area contributed by atoms with Crippen LogP contribution in [0.4, 0.5) is 5.69 Å². The number of para-hydroxylation sites is 1. The van der Waals surface area contributed by atoms with Gasteiger partial charge in [-0.25, -0.2) is 13.2 Å². The molecular weight excluding hydrogens is 682 g/mol. The molecule has 1 aliphatic rings. The van der Waals surface area contributed by atoms with E-state index in [0.717, 1.165) is 0 Å². The van der Waals surface area contributed by atoms with Gasteiger partial charge in [0.25, 0.3) is 15.9 Å². The minimum atomic E-state index is -4.22. The Morgan fingerprint density at radius 3 is 2.54 bits per heavy atom. The first-order valence-corrected chi connectivity index (χ1v) is 14.0. The molecule has 0 saturated carbocycles. The van der Waals surface area contributed by atoms with Crippen molar-refractivity contribution in [2.45, 2.75) is 17.4 Å². The van der Waals surface area contributed by atoms with Gasteiger partial charge >= 0.3 is 5.97 Å². The van der Waals surface area contributed by atoms with E-state index in [0.29, 0.717) is 9.13 Å². The van der Waals surface area contributed by atoms with E-state index in [1.165, 1.54) is 36.4 Å². The molecule has 1 aliphatic heterocycles. The molecule has 14 heteroatoms. The lowest BCUT2D eigenvalue weighted by Gasteiger charge is -2.18. The summed E-state index contributed by atoms with van der Waals surface area (Å²) in [7, 11) is -4.22. The van der Waals surface area contributed by atoms with E-state index in [2.05, 4.69) is 10.0 Å². The zero-order valence-electron chi connectivity index (χ0n) is 18.4. The van der Waals surface area contributed by atoms with E-state index in [1.54, 1.807) is 12.1 Å². The largest absolute Gasteiger partial charge is 0.480 e. The minimum Gasteiger partial charge on any atom is -0.480 e. The van der Waals surface area contributed by atoms with Crippen molar-refractivity contribution in [2.75, 3.05) is 11.5 Å². The summed E-state index contributed by atoms with van der Waals surface area (Å²) in [6, 6.07) is 10.4. The summed E-state index contributed by atoms with van der Waals surface area (Å²) in [5.74, 6) is -1.83. The van der Waals surface area contributed by atoms with Crippen LogP contribution in [0.1, 0.15) is 15.9 Å². The first-order chi connectivity index (χ1) is 17.5. The number of carboxylic acid groups (broad SMARTS) is 1. The maximum absolute atomic E-state index is 13.2. The molecule has 3 N–H and O–H groups in total. The molecular formula is C23H16Cl3IN2O7S. The molecule has 0 spiro atoms. The number of carbonyl (C=O) groups is 2. The Labute approximate surface area is 240 Å². The minimum absolute atomic E-state index is 0.0519. The maximum Gasteiger partial charge on any atom is 0.326 e. The van der Waals surface area contributed by atoms with Crippen molar-refractivity contribution < 1.29 is 32.6 Å². The zero-order valence-corrected chi connectivity index (χ0v) is 23.7. The molecule has 4 rings (SSSR count). The van der Waals surface area contributed by atoms with Crippen molar-refractivity contribution in [3.63, 3.8) is 0 Å². The van der Waals surface area contributed by atoms with Crippen LogP contribution in [0.15, 0.2) is 53.4 Å². The number of carbonyl (C=O) groups excluding carboxylic acids is 1. The van der Waals surface area contributed by atoms with E-state index >= 15 is 0 Å². The van der Waals surface area contributed by atoms with Crippen molar-refractivity contribution in [3.8, 4) is 11.5 Å². The molecule has 3 aromatic carbocycles. The summed E-state index contributed by atoms with van der Waals surface area (Å²) >= 11 is 20.1. The number of anilines is 1. The van der Waals surface area contributed by atoms with Crippen LogP contribution < -0.4 is 19.5 Å². The number of aliphatic carboxylic acids is 1. The summed E-state index contributed by atoms with van der Waals surface area (Å²) in [6.45, 7) is -0.127. The van der Waals surface area contributed by atoms with Gasteiger partial charge in [0.05, 0.1) is 26.3 Å². The van der Waals surface area contributed by atoms with Gasteiger partial charge in [0.2, 0.25) is 6.79 Å². The van der Waals surface area contributed by atoms with Gasteiger partial charge in [-0.1, -0.05) is 46.9 Å². The Kier molecular flexibility index (Phi) is 8.29. The number of sulfonamides is 1. The SMILES string of the molecule is O=C(NC(Cc1ccc(Cl)c(Cl)c1Cl)C(=O)O)c1ccc(I)cc1NS(=O)(=O)c1cccc2c1OCO2. The highest BCUT2D eigenvalue weighted by Crippen LogP contribution is 2.39. The quantitative estimate of drug-likeness (QED) is 0.218. The summed E-state index contributed by atoms with van der Waals surface area (Å²) in [4.78, 5) is 24.9. The van der Waals surface area contributed by atoms with E-state index in [-0.39, 0.29) is 55.9 Å². The number of fused-ring (bicyclic) bond motifs is 1. The fourth-order valence-electron chi connectivity index (χ4n) is 3.49. The Morgan fingerprint density at radius 2 is 1.81 bits per heavy atom. The van der Waals surface area contributed by atoms with Gasteiger partial charge < -0.3 is 19.9 Å². The third-order valence-corrected chi connectivity index (χ3v) is 8.66. The van der Waals surface area contributed by atoms with Gasteiger partial charge in [-0.2, -0.15) is 0 Å². The third kappa shape index (κ3) is 6.01. The summed E-state index contributed by atoms with van der Waals surface area (Å²) in [5.41, 5.74) is 0.199. The van der Waals surface area contributed by atoms with Gasteiger partial charge in [0.1, 0.15) is 10.9 Å². The molecule has 3 aromatic rings. The Balaban J connectivity index is 1.62. The summed E-state index contributed by atoms with van der Waals surface area (Å²) < 4.78 is 40.0. The van der Waals surface area contributed by atoms with E-state index in [1.807, 2.05) is 22.6 Å². The lowest BCUT2D eigenvalue weighted by molar-refractivity contribution is -0.139. The van der Waals surface area contributed by atoms with Gasteiger partial charge in [0.15, 0.2) is 11.5 Å². The van der Waals surface area contributed by atoms with Gasteiger partial charge in [-0.3, -0.25) is 9.52 Å². The van der Waals surface area contributed by atoms with Gasteiger partial charge in [-0.05, 0) is 64.6 Å². The van der Waals surface area contributed by atoms with Crippen LogP contribution in [0.3, 0.4) is 0 Å². The molecule has 0 aromatic heterocycles. The lowest BCUT2D eigenvalue weighted by Crippen LogP contribution is -2.42. The number of ether oxygens (including phenoxy) is 2. The molecule has 9 nitrogen and oxygen atoms in total. The Bertz CT molecular complexity index is 1520. The fourth-order valence-corrected chi connectivity index (χ4v) is 5.85. The van der Waals surface area contributed by atoms with E-state index in [9.17, 15) is 23.1 Å². The standard InChI is InChI=1S/C23H16Cl3IN2O7S/c24-14-7-4-11(19(25)20(14)26)8-16(23(31)32)28-22(30)13-6-5-12(27)9-15(13)29-37(33,34)18-3-1-2-17-21(18)36-10-35-17/h1-7,9,16,29H,8,10H2,(H,28,30)(H,31,32). The molecule has 0 bridgehead atoms. The average molecular weight is 698 g/mol. The second kappa shape index (κ2) is 11.1. The lowest BCUT2D eigenvalue weighted by atomic mass is 10.0. The predicted octanol–water partition coefficient (Wildman–Crippen LogP) is 5.21. The highest BCUT2D eigenvalue weighted by Gasteiger charge is 2.29. The van der Waals surface area contributed by atoms with Crippen LogP contribution in [-0.4, -0.2) is 38.2 Å². The van der Waals surface area contributed by atoms with Crippen LogP contribution in [0.5, 0.6) is 11.5 Å². The second-order valence-corrected chi connectivity index (χ2v) is 11.7. The second-order valence-electron chi connectivity index (χ2n) is 7.69. The highest BCUT2D eigenvalue weighted by molar-refractivity contribution is 14.1. The normalized spacial score (nSPS) is 13.2. The smallest absolute Gasteiger partial charge is 0.326 e. The van der Waals surface area contributed by atoms with Crippen molar-refractivity contribution in [3.05, 3.63) is 78.3 Å². The molecule has 0 aliphatic carbocycles. The predicted molar refractivity (Wildman–Crippen MR) is 147 cm³/mol. The number of carboxylic acids is 1. The molecule has 1 heterocycles. The van der Waals surface area contributed by atoms with E-state index < -0.39 is 27.9 Å². The van der Waals surface area contributed by atoms with Crippen molar-refractivity contribution in [1.82, 2.24) is 5.32 Å². The highest BCUT2D eigenvalue weighted by atomic mass is 127. The maximum atomic E-state index is 13.2. The molecule has 37 heavy (non-hydrogen) atoms. The number of benzene rings is 3. The fraction of sp³-hybridized carbons (Fsp3) is 0.130. The van der Waals surface area contributed by atoms with E-state index in [4.69, 9.17) is 44.3 Å². The number of hydrogen-bond acceptors (Lipinski definition) is 6. The molecule has 0 saturated heterocycles. The third-order valence-electron chi connectivity index (χ3n) is 5.26. The molecule has 1 amide bonds. The number of rotatable bonds is 8. The monoisotopic (exact) mass is 696 g/mol. The number of amides is 1. The number of hydrogen-bond donors (Lipinski definition) is 3. The topological polar surface area (TPSA) is 131 Å². The van der Waals surface area contributed by atoms with Gasteiger partial charge in [-0.15, -0.1) is 0 Å². The van der Waals surface area contributed by atoms with Crippen LogP contribution in [0.2, 0.25) is 15.1 Å². The van der Waals surface area contributed by atoms with Crippen molar-refractivity contribution in [1.29, 1.82) is 0 Å². The molecule has 0 fully saturated rings. The van der Waals surface area contributed by atoms with Crippen LogP contribution >= 0.6 is 57.4 Å². The molecule has 194 valence electrons. The Morgan fingerprint density at radius 1 is 1.05 bits per heavy atom. The van der Waals surface area contributed by atoms with Crippen LogP contribution in [0.25, 0.3) is 0 Å². The van der Waals surface area contributed by atoms with Crippen molar-refractivity contribution >= 4 is 85.0 Å². The first kappa shape index (κ1) is 27.6. The average Bonchev–Trinajstić information content (AvgIpc) is 3.32. The molecule has 1 atom stereocenters. The number of halogens is 4. The van der Waals surface area contributed by atoms with Crippen molar-refractivity contribution in [2.24, 2.45) is 0 Å². The molecule has 0 radical (unpaired) electrons.